The van der Waals surface area contributed by atoms with Crippen molar-refractivity contribution in [2.45, 2.75) is 0 Å². The molecule has 4 nitrogen and oxygen atoms in total. The van der Waals surface area contributed by atoms with Gasteiger partial charge in [-0.1, -0.05) is 121 Å². The zero-order valence-electron chi connectivity index (χ0n) is 23.6. The number of hydrogen-bond acceptors (Lipinski definition) is 4. The second-order valence-electron chi connectivity index (χ2n) is 10.9. The third-order valence-corrected chi connectivity index (χ3v) is 9.50. The van der Waals surface area contributed by atoms with E-state index in [0.717, 1.165) is 38.5 Å². The Morgan fingerprint density at radius 1 is 0.432 bits per heavy atom. The smallest absolute Gasteiger partial charge is 0.238 e. The maximum atomic E-state index is 5.24. The number of fused-ring (bicyclic) bond motifs is 6. The number of rotatable bonds is 4. The fourth-order valence-electron chi connectivity index (χ4n) is 6.22. The fourth-order valence-corrected chi connectivity index (χ4v) is 7.43. The molecule has 0 unspecified atom stereocenters. The number of hydrogen-bond donors (Lipinski definition) is 0. The van der Waals surface area contributed by atoms with Crippen LogP contribution in [0, 0.1) is 0 Å². The minimum absolute atomic E-state index is 0.600. The van der Waals surface area contributed by atoms with Crippen molar-refractivity contribution in [2.75, 3.05) is 0 Å². The number of para-hydroxylation sites is 1. The van der Waals surface area contributed by atoms with Crippen LogP contribution in [-0.4, -0.2) is 19.5 Å². The highest BCUT2D eigenvalue weighted by Crippen LogP contribution is 2.40. The van der Waals surface area contributed by atoms with E-state index in [1.165, 1.54) is 25.7 Å². The van der Waals surface area contributed by atoms with Crippen LogP contribution in [0.15, 0.2) is 146 Å². The van der Waals surface area contributed by atoms with E-state index in [1.807, 2.05) is 24.3 Å². The molecular formula is C39H24N4S. The molecule has 6 aromatic carbocycles. The van der Waals surface area contributed by atoms with Gasteiger partial charge in [0, 0.05) is 42.1 Å². The van der Waals surface area contributed by atoms with Crippen molar-refractivity contribution in [3.8, 4) is 39.9 Å². The average molecular weight is 581 g/mol. The van der Waals surface area contributed by atoms with Crippen molar-refractivity contribution < 1.29 is 0 Å². The molecule has 5 heteroatoms. The van der Waals surface area contributed by atoms with Crippen LogP contribution in [0.1, 0.15) is 0 Å². The average Bonchev–Trinajstić information content (AvgIpc) is 3.64. The monoisotopic (exact) mass is 580 g/mol. The third kappa shape index (κ3) is 3.94. The molecule has 0 spiro atoms. The molecular weight excluding hydrogens is 557 g/mol. The van der Waals surface area contributed by atoms with E-state index in [-0.39, 0.29) is 0 Å². The van der Waals surface area contributed by atoms with Gasteiger partial charge < -0.3 is 0 Å². The van der Waals surface area contributed by atoms with Crippen molar-refractivity contribution in [3.05, 3.63) is 146 Å². The lowest BCUT2D eigenvalue weighted by atomic mass is 10.0. The highest BCUT2D eigenvalue weighted by atomic mass is 32.1. The maximum Gasteiger partial charge on any atom is 0.238 e. The van der Waals surface area contributed by atoms with E-state index >= 15 is 0 Å². The van der Waals surface area contributed by atoms with Gasteiger partial charge in [0.25, 0.3) is 0 Å². The first-order valence-corrected chi connectivity index (χ1v) is 15.4. The number of nitrogens with zero attached hydrogens (tertiary/aromatic N) is 4. The first-order valence-electron chi connectivity index (χ1n) is 14.6. The lowest BCUT2D eigenvalue weighted by Crippen LogP contribution is -2.06. The van der Waals surface area contributed by atoms with Gasteiger partial charge in [-0.2, -0.15) is 9.97 Å². The molecule has 3 aromatic heterocycles. The van der Waals surface area contributed by atoms with Crippen LogP contribution in [0.4, 0.5) is 0 Å². The predicted octanol–water partition coefficient (Wildman–Crippen LogP) is 10.3. The number of benzene rings is 6. The van der Waals surface area contributed by atoms with Gasteiger partial charge in [-0.05, 0) is 35.4 Å². The Hall–Kier alpha value is -5.65. The highest BCUT2D eigenvalue weighted by Gasteiger charge is 2.20. The summed E-state index contributed by atoms with van der Waals surface area (Å²) in [6.07, 6.45) is 0. The summed E-state index contributed by atoms with van der Waals surface area (Å²) in [5.41, 5.74) is 6.40. The van der Waals surface area contributed by atoms with E-state index < -0.39 is 0 Å². The minimum atomic E-state index is 0.600. The van der Waals surface area contributed by atoms with Crippen LogP contribution in [-0.2, 0) is 0 Å². The van der Waals surface area contributed by atoms with Crippen LogP contribution in [0.2, 0.25) is 0 Å². The molecule has 0 N–H and O–H groups in total. The molecule has 0 aliphatic carbocycles. The molecule has 3 heterocycles. The minimum Gasteiger partial charge on any atom is -0.278 e. The molecule has 9 aromatic rings. The zero-order chi connectivity index (χ0) is 29.0. The van der Waals surface area contributed by atoms with Gasteiger partial charge in [0.05, 0.1) is 11.0 Å². The Kier molecular flexibility index (Phi) is 5.64. The van der Waals surface area contributed by atoms with Crippen LogP contribution in [0.25, 0.3) is 81.8 Å². The first kappa shape index (κ1) is 24.9. The highest BCUT2D eigenvalue weighted by molar-refractivity contribution is 7.26. The summed E-state index contributed by atoms with van der Waals surface area (Å²) >= 11 is 1.79. The normalized spacial score (nSPS) is 11.6. The van der Waals surface area contributed by atoms with Gasteiger partial charge in [-0.3, -0.25) is 4.57 Å². The Labute approximate surface area is 257 Å². The van der Waals surface area contributed by atoms with Gasteiger partial charge in [0.1, 0.15) is 0 Å². The molecule has 0 saturated carbocycles. The summed E-state index contributed by atoms with van der Waals surface area (Å²) in [4.78, 5) is 15.5. The van der Waals surface area contributed by atoms with Crippen LogP contribution < -0.4 is 0 Å². The Morgan fingerprint density at radius 2 is 1.09 bits per heavy atom. The van der Waals surface area contributed by atoms with Gasteiger partial charge >= 0.3 is 0 Å². The second kappa shape index (κ2) is 9.97. The third-order valence-electron chi connectivity index (χ3n) is 8.28. The molecule has 9 rings (SSSR count). The topological polar surface area (TPSA) is 43.6 Å². The van der Waals surface area contributed by atoms with Gasteiger partial charge in [0.15, 0.2) is 11.6 Å². The molecule has 0 amide bonds. The summed E-state index contributed by atoms with van der Waals surface area (Å²) in [6, 6.07) is 50.8. The molecule has 0 atom stereocenters. The van der Waals surface area contributed by atoms with Crippen LogP contribution in [0.3, 0.4) is 0 Å². The van der Waals surface area contributed by atoms with Crippen molar-refractivity contribution in [2.24, 2.45) is 0 Å². The number of thiophene rings is 1. The Morgan fingerprint density at radius 3 is 1.93 bits per heavy atom. The summed E-state index contributed by atoms with van der Waals surface area (Å²) < 4.78 is 4.63. The zero-order valence-corrected chi connectivity index (χ0v) is 24.4. The molecule has 0 aliphatic heterocycles. The molecule has 0 saturated heterocycles. The largest absolute Gasteiger partial charge is 0.278 e. The second-order valence-corrected chi connectivity index (χ2v) is 11.9. The predicted molar refractivity (Wildman–Crippen MR) is 183 cm³/mol. The molecule has 0 bridgehead atoms. The van der Waals surface area contributed by atoms with Gasteiger partial charge in [-0.15, -0.1) is 11.3 Å². The van der Waals surface area contributed by atoms with Gasteiger partial charge in [-0.25, -0.2) is 4.98 Å². The van der Waals surface area contributed by atoms with E-state index in [1.54, 1.807) is 11.3 Å². The molecule has 0 aliphatic rings. The van der Waals surface area contributed by atoms with E-state index in [4.69, 9.17) is 15.0 Å². The van der Waals surface area contributed by atoms with Crippen molar-refractivity contribution in [1.82, 2.24) is 19.5 Å². The van der Waals surface area contributed by atoms with Crippen molar-refractivity contribution in [3.63, 3.8) is 0 Å². The first-order chi connectivity index (χ1) is 21.8. The summed E-state index contributed by atoms with van der Waals surface area (Å²) in [7, 11) is 0. The standard InChI is InChI=1S/C39H24N4S/c1-3-12-25(13-4-1)27-22-23-29-28-16-7-9-20-33(28)43(34(29)24-27)39-41-37(26-14-5-2-6-15-26)40-38(42-39)32-19-11-18-31-30-17-8-10-21-35(30)44-36(31)32/h1-24H. The van der Waals surface area contributed by atoms with Crippen molar-refractivity contribution in [1.29, 1.82) is 0 Å². The van der Waals surface area contributed by atoms with E-state index in [2.05, 4.69) is 126 Å². The molecule has 44 heavy (non-hydrogen) atoms. The SMILES string of the molecule is c1ccc(-c2ccc3c4ccccc4n(-c4nc(-c5ccccc5)nc(-c5cccc6c5sc5ccccc56)n4)c3c2)cc1. The summed E-state index contributed by atoms with van der Waals surface area (Å²) in [5.74, 6) is 1.91. The lowest BCUT2D eigenvalue weighted by molar-refractivity contribution is 0.954. The molecule has 0 radical (unpaired) electrons. The van der Waals surface area contributed by atoms with Gasteiger partial charge in [0.2, 0.25) is 5.95 Å². The summed E-state index contributed by atoms with van der Waals surface area (Å²) in [5, 5.41) is 4.80. The Bertz CT molecular complexity index is 2490. The number of aromatic nitrogens is 4. The van der Waals surface area contributed by atoms with E-state index in [9.17, 15) is 0 Å². The van der Waals surface area contributed by atoms with Crippen LogP contribution in [0.5, 0.6) is 0 Å². The van der Waals surface area contributed by atoms with Crippen molar-refractivity contribution >= 4 is 53.3 Å². The van der Waals surface area contributed by atoms with E-state index in [0.29, 0.717) is 17.6 Å². The Balaban J connectivity index is 1.36. The quantitative estimate of drug-likeness (QED) is 0.208. The van der Waals surface area contributed by atoms with Crippen LogP contribution >= 0.6 is 11.3 Å². The maximum absolute atomic E-state index is 5.24. The summed E-state index contributed by atoms with van der Waals surface area (Å²) in [6.45, 7) is 0. The fraction of sp³-hybridized carbons (Fsp3) is 0. The molecule has 0 fully saturated rings. The molecule has 206 valence electrons. The lowest BCUT2D eigenvalue weighted by Gasteiger charge is -2.12.